The Balaban J connectivity index is 1.89. The summed E-state index contributed by atoms with van der Waals surface area (Å²) in [6, 6.07) is 4.56. The average Bonchev–Trinajstić information content (AvgIpc) is 2.93. The molecule has 1 aliphatic rings. The summed E-state index contributed by atoms with van der Waals surface area (Å²) in [6.07, 6.45) is 3.63. The first-order chi connectivity index (χ1) is 9.97. The van der Waals surface area contributed by atoms with Crippen LogP contribution in [0.1, 0.15) is 39.6 Å². The van der Waals surface area contributed by atoms with Gasteiger partial charge >= 0.3 is 0 Å². The van der Waals surface area contributed by atoms with Crippen LogP contribution in [-0.2, 0) is 13.5 Å². The summed E-state index contributed by atoms with van der Waals surface area (Å²) in [5.41, 5.74) is 9.85. The Morgan fingerprint density at radius 1 is 1.48 bits per heavy atom. The molecule has 0 radical (unpaired) electrons. The maximum atomic E-state index is 13.3. The van der Waals surface area contributed by atoms with Gasteiger partial charge in [0.05, 0.1) is 0 Å². The minimum absolute atomic E-state index is 0.0146. The van der Waals surface area contributed by atoms with Gasteiger partial charge in [-0.25, -0.2) is 4.39 Å². The quantitative estimate of drug-likeness (QED) is 0.892. The summed E-state index contributed by atoms with van der Waals surface area (Å²) in [5.74, 6) is -0.461. The number of carbonyl (C=O) groups excluding carboxylic acids is 1. The lowest BCUT2D eigenvalue weighted by Crippen LogP contribution is -2.17. The van der Waals surface area contributed by atoms with Crippen molar-refractivity contribution in [3.8, 4) is 0 Å². The zero-order chi connectivity index (χ0) is 15.1. The van der Waals surface area contributed by atoms with Gasteiger partial charge in [-0.3, -0.25) is 4.79 Å². The molecule has 1 heterocycles. The maximum Gasteiger partial charge on any atom is 0.272 e. The highest BCUT2D eigenvalue weighted by Crippen LogP contribution is 2.33. The summed E-state index contributed by atoms with van der Waals surface area (Å²) in [6.45, 7) is 1.67. The predicted octanol–water partition coefficient (Wildman–Crippen LogP) is 2.67. The number of fused-ring (bicyclic) bond motifs is 1. The lowest BCUT2D eigenvalue weighted by Gasteiger charge is -2.09. The van der Waals surface area contributed by atoms with Gasteiger partial charge in [-0.15, -0.1) is 0 Å². The second-order valence-electron chi connectivity index (χ2n) is 5.59. The number of rotatable bonds is 2. The van der Waals surface area contributed by atoms with Crippen molar-refractivity contribution in [2.24, 2.45) is 12.8 Å². The number of carbonyl (C=O) groups is 1. The molecule has 1 amide bonds. The molecule has 5 heteroatoms. The molecule has 1 aliphatic carbocycles. The standard InChI is InChI=1S/C16H18FN3O/c1-9-7-10(3-5-13(9)17)19-16(21)15-11-4-6-14(18)12(11)8-20(15)2/h3,5,7-8,14H,4,6,18H2,1-2H3,(H,19,21). The van der Waals surface area contributed by atoms with Gasteiger partial charge in [0.15, 0.2) is 0 Å². The molecule has 1 unspecified atom stereocenters. The van der Waals surface area contributed by atoms with Crippen LogP contribution < -0.4 is 11.1 Å². The van der Waals surface area contributed by atoms with Crippen LogP contribution in [0.2, 0.25) is 0 Å². The molecule has 3 N–H and O–H groups in total. The van der Waals surface area contributed by atoms with Gasteiger partial charge in [-0.05, 0) is 54.7 Å². The number of nitrogens with one attached hydrogen (secondary N) is 1. The zero-order valence-corrected chi connectivity index (χ0v) is 12.1. The monoisotopic (exact) mass is 287 g/mol. The van der Waals surface area contributed by atoms with Crippen LogP contribution in [0.4, 0.5) is 10.1 Å². The molecule has 21 heavy (non-hydrogen) atoms. The van der Waals surface area contributed by atoms with E-state index in [0.29, 0.717) is 16.9 Å². The first kappa shape index (κ1) is 13.8. The number of nitrogens with two attached hydrogens (primary N) is 1. The number of aryl methyl sites for hydroxylation is 2. The van der Waals surface area contributed by atoms with Crippen molar-refractivity contribution in [3.05, 3.63) is 52.6 Å². The lowest BCUT2D eigenvalue weighted by atomic mass is 10.1. The number of anilines is 1. The van der Waals surface area contributed by atoms with E-state index in [1.807, 2.05) is 17.8 Å². The van der Waals surface area contributed by atoms with E-state index in [2.05, 4.69) is 5.32 Å². The number of aromatic nitrogens is 1. The predicted molar refractivity (Wildman–Crippen MR) is 79.8 cm³/mol. The molecule has 0 aliphatic heterocycles. The number of benzene rings is 1. The Morgan fingerprint density at radius 2 is 2.24 bits per heavy atom. The molecule has 0 saturated heterocycles. The van der Waals surface area contributed by atoms with Crippen LogP contribution in [-0.4, -0.2) is 10.5 Å². The molecule has 4 nitrogen and oxygen atoms in total. The summed E-state index contributed by atoms with van der Waals surface area (Å²) in [7, 11) is 1.84. The van der Waals surface area contributed by atoms with E-state index < -0.39 is 0 Å². The van der Waals surface area contributed by atoms with Gasteiger partial charge in [0.2, 0.25) is 0 Å². The minimum atomic E-state index is -0.279. The highest BCUT2D eigenvalue weighted by atomic mass is 19.1. The summed E-state index contributed by atoms with van der Waals surface area (Å²) >= 11 is 0. The van der Waals surface area contributed by atoms with Gasteiger partial charge < -0.3 is 15.6 Å². The molecular weight excluding hydrogens is 269 g/mol. The van der Waals surface area contributed by atoms with E-state index in [1.165, 1.54) is 6.07 Å². The molecule has 0 spiro atoms. The Hall–Kier alpha value is -2.14. The van der Waals surface area contributed by atoms with E-state index >= 15 is 0 Å². The van der Waals surface area contributed by atoms with Crippen molar-refractivity contribution in [2.45, 2.75) is 25.8 Å². The number of nitrogens with zero attached hydrogens (tertiary/aromatic N) is 1. The fourth-order valence-corrected chi connectivity index (χ4v) is 2.95. The molecular formula is C16H18FN3O. The fourth-order valence-electron chi connectivity index (χ4n) is 2.95. The Bertz CT molecular complexity index is 721. The third kappa shape index (κ3) is 2.34. The molecule has 0 bridgehead atoms. The van der Waals surface area contributed by atoms with Crippen LogP contribution in [0.25, 0.3) is 0 Å². The van der Waals surface area contributed by atoms with Crippen molar-refractivity contribution in [1.82, 2.24) is 4.57 Å². The number of hydrogen-bond donors (Lipinski definition) is 2. The van der Waals surface area contributed by atoms with Gasteiger partial charge in [0.25, 0.3) is 5.91 Å². The Morgan fingerprint density at radius 3 is 2.95 bits per heavy atom. The molecule has 3 rings (SSSR count). The molecule has 110 valence electrons. The molecule has 2 aromatic rings. The third-order valence-corrected chi connectivity index (χ3v) is 4.06. The lowest BCUT2D eigenvalue weighted by molar-refractivity contribution is 0.101. The molecule has 0 saturated carbocycles. The van der Waals surface area contributed by atoms with Crippen LogP contribution >= 0.6 is 0 Å². The van der Waals surface area contributed by atoms with Crippen LogP contribution in [0.15, 0.2) is 24.4 Å². The second kappa shape index (κ2) is 5.00. The average molecular weight is 287 g/mol. The zero-order valence-electron chi connectivity index (χ0n) is 12.1. The van der Waals surface area contributed by atoms with E-state index in [0.717, 1.165) is 24.0 Å². The topological polar surface area (TPSA) is 60.0 Å². The molecule has 0 fully saturated rings. The maximum absolute atomic E-state index is 13.3. The molecule has 1 aromatic heterocycles. The smallest absolute Gasteiger partial charge is 0.272 e. The van der Waals surface area contributed by atoms with Crippen molar-refractivity contribution in [1.29, 1.82) is 0 Å². The van der Waals surface area contributed by atoms with Gasteiger partial charge in [0.1, 0.15) is 11.5 Å². The van der Waals surface area contributed by atoms with Crippen molar-refractivity contribution in [2.75, 3.05) is 5.32 Å². The van der Waals surface area contributed by atoms with E-state index in [4.69, 9.17) is 5.73 Å². The Labute approximate surface area is 122 Å². The van der Waals surface area contributed by atoms with E-state index in [1.54, 1.807) is 19.1 Å². The van der Waals surface area contributed by atoms with Gasteiger partial charge in [-0.1, -0.05) is 0 Å². The molecule has 1 aromatic carbocycles. The van der Waals surface area contributed by atoms with Crippen LogP contribution in [0.3, 0.4) is 0 Å². The fraction of sp³-hybridized carbons (Fsp3) is 0.312. The summed E-state index contributed by atoms with van der Waals surface area (Å²) < 4.78 is 15.1. The number of hydrogen-bond acceptors (Lipinski definition) is 2. The largest absolute Gasteiger partial charge is 0.346 e. The van der Waals surface area contributed by atoms with Crippen molar-refractivity contribution >= 4 is 11.6 Å². The van der Waals surface area contributed by atoms with E-state index in [-0.39, 0.29) is 17.8 Å². The van der Waals surface area contributed by atoms with Crippen molar-refractivity contribution in [3.63, 3.8) is 0 Å². The number of amides is 1. The third-order valence-electron chi connectivity index (χ3n) is 4.06. The summed E-state index contributed by atoms with van der Waals surface area (Å²) in [5, 5.41) is 2.83. The molecule has 1 atom stereocenters. The van der Waals surface area contributed by atoms with Gasteiger partial charge in [0, 0.05) is 25.0 Å². The first-order valence-corrected chi connectivity index (χ1v) is 6.98. The summed E-state index contributed by atoms with van der Waals surface area (Å²) in [4.78, 5) is 12.5. The van der Waals surface area contributed by atoms with E-state index in [9.17, 15) is 9.18 Å². The highest BCUT2D eigenvalue weighted by Gasteiger charge is 2.28. The second-order valence-corrected chi connectivity index (χ2v) is 5.59. The highest BCUT2D eigenvalue weighted by molar-refractivity contribution is 6.04. The van der Waals surface area contributed by atoms with Crippen molar-refractivity contribution < 1.29 is 9.18 Å². The van der Waals surface area contributed by atoms with Gasteiger partial charge in [-0.2, -0.15) is 0 Å². The normalized spacial score (nSPS) is 16.9. The minimum Gasteiger partial charge on any atom is -0.346 e. The SMILES string of the molecule is Cc1cc(NC(=O)c2c3c(cn2C)C(N)CC3)ccc1F. The Kier molecular flexibility index (Phi) is 3.29. The number of halogens is 1. The van der Waals surface area contributed by atoms with Crippen LogP contribution in [0.5, 0.6) is 0 Å². The first-order valence-electron chi connectivity index (χ1n) is 6.98. The van der Waals surface area contributed by atoms with Crippen LogP contribution in [0, 0.1) is 12.7 Å².